The molecule has 0 saturated heterocycles. The van der Waals surface area contributed by atoms with E-state index in [9.17, 15) is 9.59 Å². The molecule has 1 amide bonds. The Labute approximate surface area is 119 Å². The number of carbonyl (C=O) groups is 1. The fraction of sp³-hybridized carbons (Fsp3) is 0.467. The molecule has 109 valence electrons. The van der Waals surface area contributed by atoms with Gasteiger partial charge < -0.3 is 14.8 Å². The van der Waals surface area contributed by atoms with Gasteiger partial charge in [-0.25, -0.2) is 4.79 Å². The number of benzene rings is 1. The van der Waals surface area contributed by atoms with Crippen molar-refractivity contribution in [1.29, 1.82) is 0 Å². The first-order chi connectivity index (χ1) is 9.40. The fourth-order valence-corrected chi connectivity index (χ4v) is 1.35. The van der Waals surface area contributed by atoms with Crippen molar-refractivity contribution < 1.29 is 19.1 Å². The molecular formula is C15H20NO4. The van der Waals surface area contributed by atoms with E-state index in [2.05, 4.69) is 5.32 Å². The summed E-state index contributed by atoms with van der Waals surface area (Å²) in [7, 11) is 0. The standard InChI is InChI=1S/C15H20NO4/c1-15(2,3)20-11-13(9-17)16-14(18)19-10-12-7-5-4-6-8-12/h4-8,13H,10-11H2,1-3H3,(H,16,18)/t13-/m1/s1. The summed E-state index contributed by atoms with van der Waals surface area (Å²) >= 11 is 0. The molecule has 1 aromatic rings. The lowest BCUT2D eigenvalue weighted by molar-refractivity contribution is -0.00728. The summed E-state index contributed by atoms with van der Waals surface area (Å²) in [5.41, 5.74) is 0.491. The molecule has 1 rings (SSSR count). The van der Waals surface area contributed by atoms with Crippen LogP contribution in [0.15, 0.2) is 30.3 Å². The van der Waals surface area contributed by atoms with Gasteiger partial charge >= 0.3 is 6.09 Å². The van der Waals surface area contributed by atoms with Gasteiger partial charge in [-0.15, -0.1) is 0 Å². The average molecular weight is 278 g/mol. The number of hydrogen-bond donors (Lipinski definition) is 1. The molecule has 1 atom stereocenters. The predicted octanol–water partition coefficient (Wildman–Crippen LogP) is 2.21. The number of amides is 1. The number of alkyl carbamates (subject to hydrolysis) is 1. The molecule has 0 aromatic heterocycles. The second-order valence-corrected chi connectivity index (χ2v) is 5.30. The topological polar surface area (TPSA) is 64.6 Å². The van der Waals surface area contributed by atoms with Crippen molar-refractivity contribution in [3.8, 4) is 0 Å². The Kier molecular flexibility index (Phi) is 6.18. The Morgan fingerprint density at radius 3 is 2.50 bits per heavy atom. The lowest BCUT2D eigenvalue weighted by atomic mass is 10.2. The Bertz CT molecular complexity index is 425. The van der Waals surface area contributed by atoms with E-state index >= 15 is 0 Å². The van der Waals surface area contributed by atoms with Crippen LogP contribution in [-0.2, 0) is 20.9 Å². The second-order valence-electron chi connectivity index (χ2n) is 5.30. The maximum atomic E-state index is 11.5. The number of ether oxygens (including phenoxy) is 2. The lowest BCUT2D eigenvalue weighted by Crippen LogP contribution is -2.41. The Balaban J connectivity index is 2.34. The van der Waals surface area contributed by atoms with E-state index < -0.39 is 12.1 Å². The molecule has 0 unspecified atom stereocenters. The van der Waals surface area contributed by atoms with Crippen molar-refractivity contribution in [2.75, 3.05) is 6.61 Å². The van der Waals surface area contributed by atoms with Crippen LogP contribution in [0, 0.1) is 0 Å². The van der Waals surface area contributed by atoms with Crippen molar-refractivity contribution in [2.24, 2.45) is 0 Å². The third kappa shape index (κ3) is 6.89. The Morgan fingerprint density at radius 1 is 1.30 bits per heavy atom. The van der Waals surface area contributed by atoms with Gasteiger partial charge in [0.1, 0.15) is 12.6 Å². The molecule has 0 aliphatic rings. The molecule has 0 bridgehead atoms. The molecule has 20 heavy (non-hydrogen) atoms. The van der Waals surface area contributed by atoms with Gasteiger partial charge in [0.05, 0.1) is 12.2 Å². The monoisotopic (exact) mass is 278 g/mol. The van der Waals surface area contributed by atoms with E-state index in [4.69, 9.17) is 9.47 Å². The third-order valence-corrected chi connectivity index (χ3v) is 2.33. The lowest BCUT2D eigenvalue weighted by Gasteiger charge is -2.22. The predicted molar refractivity (Wildman–Crippen MR) is 74.9 cm³/mol. The highest BCUT2D eigenvalue weighted by Crippen LogP contribution is 2.07. The van der Waals surface area contributed by atoms with Crippen LogP contribution in [0.3, 0.4) is 0 Å². The van der Waals surface area contributed by atoms with Gasteiger partial charge in [-0.2, -0.15) is 0 Å². The van der Waals surface area contributed by atoms with E-state index in [1.54, 1.807) is 6.29 Å². The smallest absolute Gasteiger partial charge is 0.408 e. The van der Waals surface area contributed by atoms with Crippen molar-refractivity contribution >= 4 is 12.4 Å². The van der Waals surface area contributed by atoms with Gasteiger partial charge in [0.2, 0.25) is 6.29 Å². The summed E-state index contributed by atoms with van der Waals surface area (Å²) in [6.07, 6.45) is 1.05. The van der Waals surface area contributed by atoms with Crippen LogP contribution < -0.4 is 5.32 Å². The number of nitrogens with one attached hydrogen (secondary N) is 1. The molecule has 5 heteroatoms. The minimum absolute atomic E-state index is 0.0629. The summed E-state index contributed by atoms with van der Waals surface area (Å²) in [5, 5.41) is 2.40. The molecule has 1 aromatic carbocycles. The Hall–Kier alpha value is -1.88. The highest BCUT2D eigenvalue weighted by atomic mass is 16.5. The van der Waals surface area contributed by atoms with Gasteiger partial charge in [-0.05, 0) is 26.3 Å². The van der Waals surface area contributed by atoms with Gasteiger partial charge in [0.15, 0.2) is 0 Å². The molecule has 5 nitrogen and oxygen atoms in total. The van der Waals surface area contributed by atoms with Crippen LogP contribution in [0.5, 0.6) is 0 Å². The zero-order chi connectivity index (χ0) is 15.0. The van der Waals surface area contributed by atoms with Gasteiger partial charge in [0, 0.05) is 0 Å². The summed E-state index contributed by atoms with van der Waals surface area (Å²) in [4.78, 5) is 22.3. The van der Waals surface area contributed by atoms with E-state index in [1.807, 2.05) is 51.1 Å². The molecular weight excluding hydrogens is 258 g/mol. The SMILES string of the molecule is CC(C)(C)OC[C@@H]([C]=O)NC(=O)OCc1ccccc1. The quantitative estimate of drug-likeness (QED) is 0.866. The normalized spacial score (nSPS) is 12.6. The summed E-state index contributed by atoms with van der Waals surface area (Å²) in [5.74, 6) is 0. The number of carbonyl (C=O) groups excluding carboxylic acids is 2. The van der Waals surface area contributed by atoms with Crippen LogP contribution in [0.2, 0.25) is 0 Å². The van der Waals surface area contributed by atoms with Crippen LogP contribution in [0.4, 0.5) is 4.79 Å². The highest BCUT2D eigenvalue weighted by molar-refractivity contribution is 5.73. The zero-order valence-corrected chi connectivity index (χ0v) is 12.0. The number of hydrogen-bond acceptors (Lipinski definition) is 4. The zero-order valence-electron chi connectivity index (χ0n) is 12.0. The summed E-state index contributed by atoms with van der Waals surface area (Å²) in [6.45, 7) is 5.81. The first-order valence-corrected chi connectivity index (χ1v) is 6.39. The van der Waals surface area contributed by atoms with Crippen LogP contribution in [-0.4, -0.2) is 30.6 Å². The molecule has 0 spiro atoms. The van der Waals surface area contributed by atoms with Crippen LogP contribution >= 0.6 is 0 Å². The maximum Gasteiger partial charge on any atom is 0.408 e. The molecule has 0 saturated carbocycles. The minimum Gasteiger partial charge on any atom is -0.445 e. The van der Waals surface area contributed by atoms with E-state index in [0.717, 1.165) is 5.56 Å². The average Bonchev–Trinajstić information content (AvgIpc) is 2.41. The minimum atomic E-state index is -0.836. The molecule has 0 aliphatic carbocycles. The van der Waals surface area contributed by atoms with Crippen molar-refractivity contribution in [1.82, 2.24) is 5.32 Å². The maximum absolute atomic E-state index is 11.5. The van der Waals surface area contributed by atoms with Crippen molar-refractivity contribution in [3.63, 3.8) is 0 Å². The summed E-state index contributed by atoms with van der Waals surface area (Å²) < 4.78 is 10.4. The van der Waals surface area contributed by atoms with E-state index in [-0.39, 0.29) is 18.8 Å². The van der Waals surface area contributed by atoms with Gasteiger partial charge in [0.25, 0.3) is 0 Å². The molecule has 1 radical (unpaired) electrons. The van der Waals surface area contributed by atoms with Gasteiger partial charge in [-0.1, -0.05) is 30.3 Å². The third-order valence-electron chi connectivity index (χ3n) is 2.33. The van der Waals surface area contributed by atoms with Crippen LogP contribution in [0.1, 0.15) is 26.3 Å². The first-order valence-electron chi connectivity index (χ1n) is 6.39. The van der Waals surface area contributed by atoms with Crippen molar-refractivity contribution in [2.45, 2.75) is 39.0 Å². The van der Waals surface area contributed by atoms with Gasteiger partial charge in [-0.3, -0.25) is 4.79 Å². The molecule has 0 fully saturated rings. The molecule has 1 N–H and O–H groups in total. The first kappa shape index (κ1) is 16.2. The second kappa shape index (κ2) is 7.65. The summed E-state index contributed by atoms with van der Waals surface area (Å²) in [6, 6.07) is 8.45. The van der Waals surface area contributed by atoms with Crippen molar-refractivity contribution in [3.05, 3.63) is 35.9 Å². The van der Waals surface area contributed by atoms with E-state index in [1.165, 1.54) is 0 Å². The van der Waals surface area contributed by atoms with Crippen LogP contribution in [0.25, 0.3) is 0 Å². The highest BCUT2D eigenvalue weighted by Gasteiger charge is 2.18. The molecule has 0 aliphatic heterocycles. The number of rotatable bonds is 6. The molecule has 0 heterocycles. The fourth-order valence-electron chi connectivity index (χ4n) is 1.35. The van der Waals surface area contributed by atoms with E-state index in [0.29, 0.717) is 0 Å². The Morgan fingerprint density at radius 2 is 1.95 bits per heavy atom. The largest absolute Gasteiger partial charge is 0.445 e.